The van der Waals surface area contributed by atoms with Crippen molar-refractivity contribution in [1.82, 2.24) is 5.32 Å². The lowest BCUT2D eigenvalue weighted by Crippen LogP contribution is -2.39. The molecule has 0 aliphatic carbocycles. The number of rotatable bonds is 3. The second-order valence-corrected chi connectivity index (χ2v) is 5.41. The van der Waals surface area contributed by atoms with Crippen molar-refractivity contribution in [3.8, 4) is 0 Å². The lowest BCUT2D eigenvalue weighted by atomic mass is 10.4. The number of thioether (sulfide) groups is 1. The van der Waals surface area contributed by atoms with E-state index in [0.717, 1.165) is 0 Å². The van der Waals surface area contributed by atoms with Gasteiger partial charge < -0.3 is 5.73 Å². The molecule has 0 heterocycles. The lowest BCUT2D eigenvalue weighted by Gasteiger charge is -2.11. The van der Waals surface area contributed by atoms with E-state index in [1.54, 1.807) is 25.1 Å². The highest BCUT2D eigenvalue weighted by Gasteiger charge is 2.17. The number of primary amides is 1. The molecule has 3 amide bonds. The number of nitrogens with two attached hydrogens (primary N) is 1. The van der Waals surface area contributed by atoms with Crippen molar-refractivity contribution in [2.45, 2.75) is 17.1 Å². The largest absolute Gasteiger partial charge is 0.351 e. The SMILES string of the molecule is C[C@@H](Sc1cc(Cl)ccc1Cl)C(=O)NC(N)=O. The highest BCUT2D eigenvalue weighted by Crippen LogP contribution is 2.32. The van der Waals surface area contributed by atoms with Crippen LogP contribution in [0, 0.1) is 0 Å². The van der Waals surface area contributed by atoms with E-state index in [2.05, 4.69) is 0 Å². The van der Waals surface area contributed by atoms with Crippen LogP contribution in [0.15, 0.2) is 23.1 Å². The van der Waals surface area contributed by atoms with E-state index in [0.29, 0.717) is 14.9 Å². The van der Waals surface area contributed by atoms with Crippen LogP contribution in [0.25, 0.3) is 0 Å². The number of amides is 3. The van der Waals surface area contributed by atoms with Crippen molar-refractivity contribution < 1.29 is 9.59 Å². The molecule has 0 unspecified atom stereocenters. The van der Waals surface area contributed by atoms with Crippen LogP contribution in [-0.4, -0.2) is 17.2 Å². The average Bonchev–Trinajstić information content (AvgIpc) is 2.22. The molecular formula is C10H10Cl2N2O2S. The Morgan fingerprint density at radius 2 is 2.06 bits per heavy atom. The van der Waals surface area contributed by atoms with Crippen LogP contribution in [0.4, 0.5) is 4.79 Å². The molecule has 0 aliphatic heterocycles. The number of nitrogens with one attached hydrogen (secondary N) is 1. The van der Waals surface area contributed by atoms with Gasteiger partial charge in [-0.25, -0.2) is 4.79 Å². The van der Waals surface area contributed by atoms with E-state index < -0.39 is 17.2 Å². The third-order valence-corrected chi connectivity index (χ3v) is 3.65. The van der Waals surface area contributed by atoms with Crippen molar-refractivity contribution >= 4 is 46.9 Å². The lowest BCUT2D eigenvalue weighted by molar-refractivity contribution is -0.119. The molecule has 0 radical (unpaired) electrons. The second kappa shape index (κ2) is 6.14. The minimum absolute atomic E-state index is 0.474. The van der Waals surface area contributed by atoms with E-state index in [4.69, 9.17) is 28.9 Å². The van der Waals surface area contributed by atoms with E-state index in [9.17, 15) is 9.59 Å². The minimum atomic E-state index is -0.875. The Bertz CT molecular complexity index is 454. The molecular weight excluding hydrogens is 283 g/mol. The Morgan fingerprint density at radius 3 is 2.65 bits per heavy atom. The molecule has 1 aromatic carbocycles. The minimum Gasteiger partial charge on any atom is -0.351 e. The number of benzene rings is 1. The average molecular weight is 293 g/mol. The zero-order valence-electron chi connectivity index (χ0n) is 8.87. The summed E-state index contributed by atoms with van der Waals surface area (Å²) in [5.74, 6) is -0.474. The van der Waals surface area contributed by atoms with Gasteiger partial charge in [0, 0.05) is 9.92 Å². The van der Waals surface area contributed by atoms with Crippen LogP contribution < -0.4 is 11.1 Å². The number of carbonyl (C=O) groups is 2. The van der Waals surface area contributed by atoms with E-state index in [1.807, 2.05) is 5.32 Å². The monoisotopic (exact) mass is 292 g/mol. The molecule has 3 N–H and O–H groups in total. The molecule has 1 rings (SSSR count). The first-order chi connectivity index (χ1) is 7.90. The Kier molecular flexibility index (Phi) is 5.11. The maximum atomic E-state index is 11.4. The van der Waals surface area contributed by atoms with Gasteiger partial charge in [0.2, 0.25) is 5.91 Å². The summed E-state index contributed by atoms with van der Waals surface area (Å²) in [5.41, 5.74) is 4.85. The third kappa shape index (κ3) is 4.46. The van der Waals surface area contributed by atoms with Crippen LogP contribution in [0.2, 0.25) is 10.0 Å². The molecule has 4 nitrogen and oxygen atoms in total. The van der Waals surface area contributed by atoms with Gasteiger partial charge in [-0.05, 0) is 25.1 Å². The van der Waals surface area contributed by atoms with Gasteiger partial charge >= 0.3 is 6.03 Å². The predicted octanol–water partition coefficient (Wildman–Crippen LogP) is 2.67. The first kappa shape index (κ1) is 14.2. The van der Waals surface area contributed by atoms with Gasteiger partial charge in [-0.15, -0.1) is 11.8 Å². The summed E-state index contributed by atoms with van der Waals surface area (Å²) in [6.45, 7) is 1.64. The molecule has 7 heteroatoms. The van der Waals surface area contributed by atoms with Gasteiger partial charge in [0.15, 0.2) is 0 Å². The third-order valence-electron chi connectivity index (χ3n) is 1.81. The molecule has 17 heavy (non-hydrogen) atoms. The number of hydrogen-bond donors (Lipinski definition) is 2. The van der Waals surface area contributed by atoms with Gasteiger partial charge in [-0.2, -0.15) is 0 Å². The number of hydrogen-bond acceptors (Lipinski definition) is 3. The first-order valence-electron chi connectivity index (χ1n) is 4.62. The zero-order chi connectivity index (χ0) is 13.0. The van der Waals surface area contributed by atoms with Crippen molar-refractivity contribution in [2.24, 2.45) is 5.73 Å². The van der Waals surface area contributed by atoms with Crippen molar-refractivity contribution in [3.05, 3.63) is 28.2 Å². The number of imide groups is 1. The van der Waals surface area contributed by atoms with Crippen LogP contribution >= 0.6 is 35.0 Å². The standard InChI is InChI=1S/C10H10Cl2N2O2S/c1-5(9(15)14-10(13)16)17-8-4-6(11)2-3-7(8)12/h2-5H,1H3,(H3,13,14,15,16)/t5-/m1/s1. The number of urea groups is 1. The molecule has 0 bridgehead atoms. The van der Waals surface area contributed by atoms with Gasteiger partial charge in [0.25, 0.3) is 0 Å². The highest BCUT2D eigenvalue weighted by molar-refractivity contribution is 8.00. The summed E-state index contributed by atoms with van der Waals surface area (Å²) in [5, 5.41) is 2.52. The Morgan fingerprint density at radius 1 is 1.41 bits per heavy atom. The van der Waals surface area contributed by atoms with E-state index >= 15 is 0 Å². The molecule has 0 saturated heterocycles. The fraction of sp³-hybridized carbons (Fsp3) is 0.200. The molecule has 0 aromatic heterocycles. The molecule has 0 aliphatic rings. The summed E-state index contributed by atoms with van der Waals surface area (Å²) in [7, 11) is 0. The number of carbonyl (C=O) groups excluding carboxylic acids is 2. The predicted molar refractivity (Wildman–Crippen MR) is 69.5 cm³/mol. The van der Waals surface area contributed by atoms with Crippen molar-refractivity contribution in [2.75, 3.05) is 0 Å². The van der Waals surface area contributed by atoms with Gasteiger partial charge in [0.1, 0.15) is 0 Å². The van der Waals surface area contributed by atoms with E-state index in [1.165, 1.54) is 11.8 Å². The summed E-state index contributed by atoms with van der Waals surface area (Å²) in [6.07, 6.45) is 0. The molecule has 0 saturated carbocycles. The normalized spacial score (nSPS) is 11.9. The van der Waals surface area contributed by atoms with Crippen molar-refractivity contribution in [3.63, 3.8) is 0 Å². The Balaban J connectivity index is 2.73. The maximum Gasteiger partial charge on any atom is 0.318 e. The molecule has 1 atom stereocenters. The fourth-order valence-electron chi connectivity index (χ4n) is 1.03. The maximum absolute atomic E-state index is 11.4. The van der Waals surface area contributed by atoms with Crippen LogP contribution in [0.3, 0.4) is 0 Å². The molecule has 1 aromatic rings. The summed E-state index contributed by atoms with van der Waals surface area (Å²) >= 11 is 13.0. The fourth-order valence-corrected chi connectivity index (χ4v) is 2.45. The summed E-state index contributed by atoms with van der Waals surface area (Å²) in [4.78, 5) is 22.6. The van der Waals surface area contributed by atoms with Crippen LogP contribution in [0.1, 0.15) is 6.92 Å². The van der Waals surface area contributed by atoms with Gasteiger partial charge in [-0.3, -0.25) is 10.1 Å². The van der Waals surface area contributed by atoms with Crippen molar-refractivity contribution in [1.29, 1.82) is 0 Å². The summed E-state index contributed by atoms with van der Waals surface area (Å²) in [6, 6.07) is 4.08. The second-order valence-electron chi connectivity index (χ2n) is 3.19. The van der Waals surface area contributed by atoms with E-state index in [-0.39, 0.29) is 0 Å². The Labute approximate surface area is 113 Å². The zero-order valence-corrected chi connectivity index (χ0v) is 11.2. The topological polar surface area (TPSA) is 72.2 Å². The summed E-state index contributed by atoms with van der Waals surface area (Å²) < 4.78 is 0. The smallest absolute Gasteiger partial charge is 0.318 e. The van der Waals surface area contributed by atoms with Gasteiger partial charge in [-0.1, -0.05) is 23.2 Å². The highest BCUT2D eigenvalue weighted by atomic mass is 35.5. The molecule has 0 fully saturated rings. The quantitative estimate of drug-likeness (QED) is 0.842. The van der Waals surface area contributed by atoms with Crippen LogP contribution in [-0.2, 0) is 4.79 Å². The molecule has 0 spiro atoms. The number of halogens is 2. The molecule has 92 valence electrons. The van der Waals surface area contributed by atoms with Gasteiger partial charge in [0.05, 0.1) is 10.3 Å². The Hall–Kier alpha value is -0.910. The van der Waals surface area contributed by atoms with Crippen LogP contribution in [0.5, 0.6) is 0 Å². The first-order valence-corrected chi connectivity index (χ1v) is 6.25.